The Balaban J connectivity index is 1.87. The summed E-state index contributed by atoms with van der Waals surface area (Å²) in [5.41, 5.74) is -0.319. The fraction of sp³-hybridized carbons (Fsp3) is 0.160. The van der Waals surface area contributed by atoms with E-state index in [1.807, 2.05) is 12.1 Å². The van der Waals surface area contributed by atoms with Crippen molar-refractivity contribution in [1.29, 1.82) is 0 Å². The van der Waals surface area contributed by atoms with Crippen LogP contribution in [0, 0.1) is 0 Å². The molecule has 0 aromatic heterocycles. The number of ketones is 2. The largest absolute Gasteiger partial charge is 0.464 e. The molecule has 1 saturated heterocycles. The zero-order valence-electron chi connectivity index (χ0n) is 16.5. The smallest absolute Gasteiger partial charge is 0.342 e. The maximum atomic E-state index is 13.7. The Morgan fingerprint density at radius 2 is 1.30 bits per heavy atom. The van der Waals surface area contributed by atoms with Crippen molar-refractivity contribution >= 4 is 23.2 Å². The molecule has 1 fully saturated rings. The molecule has 3 aromatic rings. The monoisotopic (exact) mass is 399 g/mol. The van der Waals surface area contributed by atoms with Gasteiger partial charge in [0.2, 0.25) is 11.3 Å². The average molecular weight is 399 g/mol. The van der Waals surface area contributed by atoms with Crippen molar-refractivity contribution in [3.05, 3.63) is 102 Å². The maximum Gasteiger partial charge on any atom is 0.342 e. The number of anilines is 1. The standard InChI is InChI=1S/C25H21NO4/c1-2-30-24(29)25(23(28)19-14-8-4-9-15-19)22(21(27)18-12-6-3-7-13-18)26(25)20-16-10-5-11-17-20/h3-17,22H,2H2,1H3. The molecule has 0 aliphatic carbocycles. The van der Waals surface area contributed by atoms with Crippen molar-refractivity contribution in [1.82, 2.24) is 0 Å². The molecule has 3 aromatic carbocycles. The normalized spacial score (nSPS) is 19.8. The third-order valence-corrected chi connectivity index (χ3v) is 5.28. The number of hydrogen-bond acceptors (Lipinski definition) is 5. The van der Waals surface area contributed by atoms with Crippen molar-refractivity contribution in [3.63, 3.8) is 0 Å². The minimum Gasteiger partial charge on any atom is -0.464 e. The lowest BCUT2D eigenvalue weighted by Gasteiger charge is -2.16. The molecule has 2 unspecified atom stereocenters. The predicted octanol–water partition coefficient (Wildman–Crippen LogP) is 3.94. The van der Waals surface area contributed by atoms with Gasteiger partial charge in [-0.25, -0.2) is 4.79 Å². The van der Waals surface area contributed by atoms with Crippen molar-refractivity contribution < 1.29 is 19.1 Å². The Bertz CT molecular complexity index is 1070. The molecule has 0 N–H and O–H groups in total. The molecule has 150 valence electrons. The Hall–Kier alpha value is -3.73. The van der Waals surface area contributed by atoms with Crippen molar-refractivity contribution in [2.75, 3.05) is 11.5 Å². The molecule has 4 rings (SSSR count). The van der Waals surface area contributed by atoms with Gasteiger partial charge in [-0.15, -0.1) is 0 Å². The molecule has 0 spiro atoms. The number of hydrogen-bond donors (Lipinski definition) is 0. The lowest BCUT2D eigenvalue weighted by Crippen LogP contribution is -2.42. The highest BCUT2D eigenvalue weighted by Gasteiger charge is 2.76. The van der Waals surface area contributed by atoms with E-state index in [1.54, 1.807) is 90.7 Å². The second-order valence-electron chi connectivity index (χ2n) is 7.02. The van der Waals surface area contributed by atoms with E-state index in [0.29, 0.717) is 16.8 Å². The molecule has 1 heterocycles. The van der Waals surface area contributed by atoms with Gasteiger partial charge < -0.3 is 9.64 Å². The van der Waals surface area contributed by atoms with Crippen LogP contribution in [0.15, 0.2) is 91.0 Å². The summed E-state index contributed by atoms with van der Waals surface area (Å²) in [4.78, 5) is 41.9. The summed E-state index contributed by atoms with van der Waals surface area (Å²) < 4.78 is 5.33. The number of carbonyl (C=O) groups excluding carboxylic acids is 3. The number of nitrogens with zero attached hydrogens (tertiary/aromatic N) is 1. The third kappa shape index (κ3) is 3.08. The number of Topliss-reactive ketones (excluding diaryl/α,β-unsaturated/α-hetero) is 2. The number of esters is 1. The number of para-hydroxylation sites is 1. The predicted molar refractivity (Wildman–Crippen MR) is 114 cm³/mol. The van der Waals surface area contributed by atoms with Crippen LogP contribution in [-0.4, -0.2) is 35.7 Å². The van der Waals surface area contributed by atoms with E-state index >= 15 is 0 Å². The van der Waals surface area contributed by atoms with Gasteiger partial charge in [0.1, 0.15) is 6.04 Å². The van der Waals surface area contributed by atoms with Gasteiger partial charge in [-0.05, 0) is 19.1 Å². The van der Waals surface area contributed by atoms with Crippen LogP contribution in [0.25, 0.3) is 0 Å². The Morgan fingerprint density at radius 1 is 0.800 bits per heavy atom. The molecule has 0 radical (unpaired) electrons. The summed E-state index contributed by atoms with van der Waals surface area (Å²) in [7, 11) is 0. The van der Waals surface area contributed by atoms with Gasteiger partial charge in [0, 0.05) is 16.8 Å². The molecule has 5 nitrogen and oxygen atoms in total. The molecule has 1 aliphatic heterocycles. The molecule has 1 aliphatic rings. The second kappa shape index (κ2) is 7.95. The van der Waals surface area contributed by atoms with E-state index in [2.05, 4.69) is 0 Å². The first-order valence-corrected chi connectivity index (χ1v) is 9.83. The summed E-state index contributed by atoms with van der Waals surface area (Å²) in [5, 5.41) is 0. The maximum absolute atomic E-state index is 13.7. The number of carbonyl (C=O) groups is 3. The summed E-state index contributed by atoms with van der Waals surface area (Å²) in [6, 6.07) is 25.3. The van der Waals surface area contributed by atoms with Gasteiger partial charge in [0.25, 0.3) is 0 Å². The lowest BCUT2D eigenvalue weighted by molar-refractivity contribution is -0.144. The van der Waals surface area contributed by atoms with Gasteiger partial charge in [-0.1, -0.05) is 78.9 Å². The third-order valence-electron chi connectivity index (χ3n) is 5.28. The summed E-state index contributed by atoms with van der Waals surface area (Å²) in [6.45, 7) is 1.79. The molecule has 0 bridgehead atoms. The fourth-order valence-corrected chi connectivity index (χ4v) is 3.89. The van der Waals surface area contributed by atoms with Crippen LogP contribution >= 0.6 is 0 Å². The van der Waals surface area contributed by atoms with Gasteiger partial charge in [-0.2, -0.15) is 0 Å². The first-order chi connectivity index (χ1) is 14.6. The summed E-state index contributed by atoms with van der Waals surface area (Å²) in [6.07, 6.45) is 0. The molecule has 5 heteroatoms. The van der Waals surface area contributed by atoms with E-state index in [-0.39, 0.29) is 12.4 Å². The van der Waals surface area contributed by atoms with Crippen molar-refractivity contribution in [3.8, 4) is 0 Å². The highest BCUT2D eigenvalue weighted by Crippen LogP contribution is 2.49. The minimum atomic E-state index is -1.73. The number of ether oxygens (including phenoxy) is 1. The topological polar surface area (TPSA) is 63.5 Å². The van der Waals surface area contributed by atoms with E-state index in [1.165, 1.54) is 0 Å². The van der Waals surface area contributed by atoms with Crippen LogP contribution < -0.4 is 4.90 Å². The quantitative estimate of drug-likeness (QED) is 0.261. The molecule has 30 heavy (non-hydrogen) atoms. The highest BCUT2D eigenvalue weighted by molar-refractivity contribution is 6.31. The summed E-state index contributed by atoms with van der Waals surface area (Å²) in [5.74, 6) is -1.45. The SMILES string of the molecule is CCOC(=O)C1(C(=O)c2ccccc2)C(C(=O)c2ccccc2)N1c1ccccc1. The van der Waals surface area contributed by atoms with E-state index < -0.39 is 23.3 Å². The lowest BCUT2D eigenvalue weighted by atomic mass is 9.90. The van der Waals surface area contributed by atoms with Crippen molar-refractivity contribution in [2.45, 2.75) is 18.5 Å². The Kier molecular flexibility index (Phi) is 5.19. The number of rotatable bonds is 7. The molecule has 0 saturated carbocycles. The molecular weight excluding hydrogens is 378 g/mol. The average Bonchev–Trinajstić information content (AvgIpc) is 3.51. The number of benzene rings is 3. The second-order valence-corrected chi connectivity index (χ2v) is 7.02. The van der Waals surface area contributed by atoms with Crippen molar-refractivity contribution in [2.24, 2.45) is 0 Å². The highest BCUT2D eigenvalue weighted by atomic mass is 16.5. The van der Waals surface area contributed by atoms with Crippen LogP contribution in [0.2, 0.25) is 0 Å². The van der Waals surface area contributed by atoms with Crippen LogP contribution in [0.1, 0.15) is 27.6 Å². The first kappa shape index (κ1) is 19.6. The Labute approximate surface area is 174 Å². The molecule has 2 atom stereocenters. The van der Waals surface area contributed by atoms with Crippen LogP contribution in [-0.2, 0) is 9.53 Å². The van der Waals surface area contributed by atoms with E-state index in [0.717, 1.165) is 0 Å². The van der Waals surface area contributed by atoms with Gasteiger partial charge in [0.15, 0.2) is 5.78 Å². The van der Waals surface area contributed by atoms with E-state index in [4.69, 9.17) is 4.74 Å². The molecular formula is C25H21NO4. The van der Waals surface area contributed by atoms with Crippen LogP contribution in [0.5, 0.6) is 0 Å². The van der Waals surface area contributed by atoms with Crippen LogP contribution in [0.3, 0.4) is 0 Å². The zero-order chi connectivity index (χ0) is 21.1. The fourth-order valence-electron chi connectivity index (χ4n) is 3.89. The molecule has 0 amide bonds. The van der Waals surface area contributed by atoms with Crippen LogP contribution in [0.4, 0.5) is 5.69 Å². The van der Waals surface area contributed by atoms with Gasteiger partial charge in [0.05, 0.1) is 6.61 Å². The van der Waals surface area contributed by atoms with E-state index in [9.17, 15) is 14.4 Å². The summed E-state index contributed by atoms with van der Waals surface area (Å²) >= 11 is 0. The zero-order valence-corrected chi connectivity index (χ0v) is 16.5. The minimum absolute atomic E-state index is 0.109. The van der Waals surface area contributed by atoms with Gasteiger partial charge in [-0.3, -0.25) is 9.59 Å². The van der Waals surface area contributed by atoms with Gasteiger partial charge >= 0.3 is 5.97 Å². The first-order valence-electron chi connectivity index (χ1n) is 9.83. The Morgan fingerprint density at radius 3 is 1.83 bits per heavy atom.